The molecule has 1 rings (SSSR count). The van der Waals surface area contributed by atoms with Gasteiger partial charge >= 0.3 is 5.97 Å². The fourth-order valence-corrected chi connectivity index (χ4v) is 3.13. The van der Waals surface area contributed by atoms with Crippen LogP contribution in [0.4, 0.5) is 0 Å². The quantitative estimate of drug-likeness (QED) is 0.755. The number of hydrogen-bond acceptors (Lipinski definition) is 4. The molecule has 1 fully saturated rings. The molecular formula is C10H18O5S. The van der Waals surface area contributed by atoms with Gasteiger partial charge < -0.3 is 9.84 Å². The lowest BCUT2D eigenvalue weighted by Crippen LogP contribution is -2.25. The number of hydrogen-bond donors (Lipinski definition) is 1. The highest BCUT2D eigenvalue weighted by molar-refractivity contribution is 7.92. The second-order valence-corrected chi connectivity index (χ2v) is 6.74. The smallest absolute Gasteiger partial charge is 0.304 e. The van der Waals surface area contributed by atoms with E-state index in [2.05, 4.69) is 0 Å². The molecule has 0 aromatic heterocycles. The van der Waals surface area contributed by atoms with Gasteiger partial charge in [0.2, 0.25) is 0 Å². The number of carboxylic acids is 1. The van der Waals surface area contributed by atoms with E-state index in [0.29, 0.717) is 13.0 Å². The molecule has 2 atom stereocenters. The highest BCUT2D eigenvalue weighted by Crippen LogP contribution is 2.17. The summed E-state index contributed by atoms with van der Waals surface area (Å²) in [5.41, 5.74) is 0. The number of rotatable bonds is 6. The van der Waals surface area contributed by atoms with Crippen LogP contribution >= 0.6 is 0 Å². The van der Waals surface area contributed by atoms with E-state index in [4.69, 9.17) is 9.84 Å². The van der Waals surface area contributed by atoms with E-state index in [1.165, 1.54) is 6.92 Å². The zero-order valence-electron chi connectivity index (χ0n) is 9.39. The summed E-state index contributed by atoms with van der Waals surface area (Å²) in [6.45, 7) is 2.15. The summed E-state index contributed by atoms with van der Waals surface area (Å²) in [5, 5.41) is 7.72. The Bertz CT molecular complexity index is 329. The third kappa shape index (κ3) is 4.09. The van der Waals surface area contributed by atoms with Crippen LogP contribution in [-0.4, -0.2) is 43.2 Å². The van der Waals surface area contributed by atoms with Crippen molar-refractivity contribution in [2.45, 2.75) is 44.0 Å². The van der Waals surface area contributed by atoms with Crippen LogP contribution in [0, 0.1) is 0 Å². The maximum Gasteiger partial charge on any atom is 0.304 e. The Kier molecular flexibility index (Phi) is 4.73. The maximum absolute atomic E-state index is 11.7. The van der Waals surface area contributed by atoms with Crippen molar-refractivity contribution >= 4 is 15.8 Å². The van der Waals surface area contributed by atoms with Crippen molar-refractivity contribution in [2.24, 2.45) is 0 Å². The summed E-state index contributed by atoms with van der Waals surface area (Å²) in [6, 6.07) is 0. The minimum Gasteiger partial charge on any atom is -0.481 e. The van der Waals surface area contributed by atoms with Crippen molar-refractivity contribution in [2.75, 3.05) is 12.4 Å². The molecule has 0 aliphatic carbocycles. The van der Waals surface area contributed by atoms with Gasteiger partial charge in [-0.15, -0.1) is 0 Å². The Morgan fingerprint density at radius 2 is 2.25 bits per heavy atom. The van der Waals surface area contributed by atoms with Gasteiger partial charge in [0, 0.05) is 6.61 Å². The maximum atomic E-state index is 11.7. The highest BCUT2D eigenvalue weighted by Gasteiger charge is 2.25. The second-order valence-electron chi connectivity index (χ2n) is 4.20. The van der Waals surface area contributed by atoms with Gasteiger partial charge in [0.25, 0.3) is 0 Å². The fourth-order valence-electron chi connectivity index (χ4n) is 1.74. The zero-order valence-corrected chi connectivity index (χ0v) is 10.2. The van der Waals surface area contributed by atoms with E-state index in [1.54, 1.807) is 0 Å². The molecule has 0 amide bonds. The summed E-state index contributed by atoms with van der Waals surface area (Å²) in [7, 11) is -3.30. The lowest BCUT2D eigenvalue weighted by Gasteiger charge is -2.13. The number of carboxylic acid groups (broad SMARTS) is 1. The molecule has 0 saturated carbocycles. The molecule has 1 N–H and O–H groups in total. The van der Waals surface area contributed by atoms with Crippen molar-refractivity contribution in [3.8, 4) is 0 Å². The lowest BCUT2D eigenvalue weighted by atomic mass is 10.2. The first kappa shape index (κ1) is 13.4. The summed E-state index contributed by atoms with van der Waals surface area (Å²) >= 11 is 0. The van der Waals surface area contributed by atoms with Crippen LogP contribution in [0.3, 0.4) is 0 Å². The Morgan fingerprint density at radius 1 is 1.56 bits per heavy atom. The molecule has 16 heavy (non-hydrogen) atoms. The first-order valence-corrected chi connectivity index (χ1v) is 7.18. The zero-order chi connectivity index (χ0) is 12.2. The average Bonchev–Trinajstić information content (AvgIpc) is 2.66. The topological polar surface area (TPSA) is 80.7 Å². The Balaban J connectivity index is 2.40. The molecule has 0 aromatic carbocycles. The summed E-state index contributed by atoms with van der Waals surface area (Å²) in [4.78, 5) is 10.4. The van der Waals surface area contributed by atoms with Gasteiger partial charge in [0.05, 0.1) is 23.5 Å². The SMILES string of the molecule is CC(CC(=O)O)S(=O)(=O)CCC1CCCO1. The third-order valence-electron chi connectivity index (χ3n) is 2.82. The van der Waals surface area contributed by atoms with Crippen LogP contribution in [0.15, 0.2) is 0 Å². The molecule has 1 aliphatic heterocycles. The molecule has 2 unspecified atom stereocenters. The minimum atomic E-state index is -3.30. The van der Waals surface area contributed by atoms with Gasteiger partial charge in [-0.1, -0.05) is 0 Å². The van der Waals surface area contributed by atoms with E-state index in [9.17, 15) is 13.2 Å². The van der Waals surface area contributed by atoms with Crippen LogP contribution in [0.25, 0.3) is 0 Å². The molecule has 1 heterocycles. The van der Waals surface area contributed by atoms with Crippen LogP contribution in [0.1, 0.15) is 32.6 Å². The predicted octanol–water partition coefficient (Wildman–Crippen LogP) is 0.834. The summed E-state index contributed by atoms with van der Waals surface area (Å²) in [5.74, 6) is -1.06. The molecule has 0 spiro atoms. The van der Waals surface area contributed by atoms with Crippen LogP contribution in [0.5, 0.6) is 0 Å². The third-order valence-corrected chi connectivity index (χ3v) is 5.02. The molecule has 1 saturated heterocycles. The molecular weight excluding hydrogens is 232 g/mol. The number of ether oxygens (including phenoxy) is 1. The van der Waals surface area contributed by atoms with Crippen molar-refractivity contribution in [3.63, 3.8) is 0 Å². The molecule has 94 valence electrons. The second kappa shape index (κ2) is 5.63. The van der Waals surface area contributed by atoms with E-state index in [0.717, 1.165) is 12.8 Å². The first-order valence-electron chi connectivity index (χ1n) is 5.47. The van der Waals surface area contributed by atoms with Crippen LogP contribution in [-0.2, 0) is 19.4 Å². The normalized spacial score (nSPS) is 23.2. The van der Waals surface area contributed by atoms with Gasteiger partial charge in [0.15, 0.2) is 9.84 Å². The van der Waals surface area contributed by atoms with Crippen molar-refractivity contribution < 1.29 is 23.1 Å². The molecule has 1 aliphatic rings. The first-order chi connectivity index (χ1) is 7.42. The molecule has 6 heteroatoms. The lowest BCUT2D eigenvalue weighted by molar-refractivity contribution is -0.136. The Labute approximate surface area is 95.7 Å². The largest absolute Gasteiger partial charge is 0.481 e. The van der Waals surface area contributed by atoms with E-state index < -0.39 is 21.1 Å². The summed E-state index contributed by atoms with van der Waals surface area (Å²) < 4.78 is 28.7. The molecule has 5 nitrogen and oxygen atoms in total. The number of aliphatic carboxylic acids is 1. The van der Waals surface area contributed by atoms with E-state index >= 15 is 0 Å². The van der Waals surface area contributed by atoms with Gasteiger partial charge in [-0.05, 0) is 26.2 Å². The van der Waals surface area contributed by atoms with E-state index in [1.807, 2.05) is 0 Å². The summed E-state index contributed by atoms with van der Waals surface area (Å²) in [6.07, 6.45) is 2.07. The van der Waals surface area contributed by atoms with Crippen molar-refractivity contribution in [1.29, 1.82) is 0 Å². The van der Waals surface area contributed by atoms with Crippen LogP contribution < -0.4 is 0 Å². The van der Waals surface area contributed by atoms with E-state index in [-0.39, 0.29) is 18.3 Å². The monoisotopic (exact) mass is 250 g/mol. The molecule has 0 bridgehead atoms. The van der Waals surface area contributed by atoms with Gasteiger partial charge in [-0.3, -0.25) is 4.79 Å². The van der Waals surface area contributed by atoms with Crippen LogP contribution in [0.2, 0.25) is 0 Å². The van der Waals surface area contributed by atoms with Crippen molar-refractivity contribution in [3.05, 3.63) is 0 Å². The number of carbonyl (C=O) groups is 1. The number of sulfone groups is 1. The average molecular weight is 250 g/mol. The van der Waals surface area contributed by atoms with Gasteiger partial charge in [-0.25, -0.2) is 8.42 Å². The standard InChI is InChI=1S/C10H18O5S/c1-8(7-10(11)12)16(13,14)6-4-9-3-2-5-15-9/h8-9H,2-7H2,1H3,(H,11,12). The van der Waals surface area contributed by atoms with Gasteiger partial charge in [0.1, 0.15) is 0 Å². The highest BCUT2D eigenvalue weighted by atomic mass is 32.2. The Morgan fingerprint density at radius 3 is 2.75 bits per heavy atom. The molecule has 0 aromatic rings. The molecule has 0 radical (unpaired) electrons. The predicted molar refractivity (Wildman–Crippen MR) is 59.1 cm³/mol. The minimum absolute atomic E-state index is 0.0200. The van der Waals surface area contributed by atoms with Crippen molar-refractivity contribution in [1.82, 2.24) is 0 Å². The Hall–Kier alpha value is -0.620. The fraction of sp³-hybridized carbons (Fsp3) is 0.900. The van der Waals surface area contributed by atoms with Gasteiger partial charge in [-0.2, -0.15) is 0 Å².